The number of phosphoric ester groups is 1. The number of unbranched alkanes of at least 4 members (excludes halogenated alkanes) is 12. The van der Waals surface area contributed by atoms with Crippen molar-refractivity contribution < 1.29 is 32.8 Å². The first-order valence-corrected chi connectivity index (χ1v) is 21.6. The molecule has 0 aromatic carbocycles. The molecule has 0 fully saturated rings. The summed E-state index contributed by atoms with van der Waals surface area (Å²) in [5.74, 6) is -0.352. The van der Waals surface area contributed by atoms with Gasteiger partial charge in [-0.1, -0.05) is 132 Å². The Hall–Kier alpha value is -2.48. The summed E-state index contributed by atoms with van der Waals surface area (Å²) in [6.45, 7) is 3.99. The zero-order chi connectivity index (χ0) is 38.1. The summed E-state index contributed by atoms with van der Waals surface area (Å²) in [5, 5.41) is 0. The largest absolute Gasteiger partial charge is 0.492 e. The number of esters is 1. The number of hydrogen-bond acceptors (Lipinski definition) is 7. The van der Waals surface area contributed by atoms with Crippen LogP contribution in [0, 0.1) is 0 Å². The topological polar surface area (TPSA) is 117 Å². The van der Waals surface area contributed by atoms with Crippen molar-refractivity contribution in [2.45, 2.75) is 155 Å². The summed E-state index contributed by atoms with van der Waals surface area (Å²) in [4.78, 5) is 22.2. The molecule has 0 saturated heterocycles. The maximum atomic E-state index is 12.4. The molecule has 8 nitrogen and oxygen atoms in total. The van der Waals surface area contributed by atoms with Crippen LogP contribution in [0.1, 0.15) is 149 Å². The Kier molecular flexibility index (Phi) is 37.8. The molecule has 0 heterocycles. The molecule has 52 heavy (non-hydrogen) atoms. The Morgan fingerprint density at radius 1 is 0.615 bits per heavy atom. The summed E-state index contributed by atoms with van der Waals surface area (Å²) in [5.41, 5.74) is 5.35. The molecule has 9 heteroatoms. The number of rotatable bonds is 37. The Morgan fingerprint density at radius 3 is 1.65 bits per heavy atom. The summed E-state index contributed by atoms with van der Waals surface area (Å²) in [6.07, 6.45) is 51.3. The molecule has 2 atom stereocenters. The minimum absolute atomic E-state index is 0.0877. The molecule has 0 aromatic rings. The van der Waals surface area contributed by atoms with Gasteiger partial charge in [-0.2, -0.15) is 0 Å². The van der Waals surface area contributed by atoms with Crippen molar-refractivity contribution in [3.8, 4) is 0 Å². The molecule has 0 spiro atoms. The van der Waals surface area contributed by atoms with Gasteiger partial charge in [0.1, 0.15) is 6.61 Å². The van der Waals surface area contributed by atoms with E-state index in [0.717, 1.165) is 57.8 Å². The van der Waals surface area contributed by atoms with E-state index in [1.165, 1.54) is 64.2 Å². The molecular weight excluding hydrogens is 673 g/mol. The molecule has 0 aromatic heterocycles. The van der Waals surface area contributed by atoms with Crippen LogP contribution in [0.2, 0.25) is 0 Å². The van der Waals surface area contributed by atoms with E-state index >= 15 is 0 Å². The fraction of sp³-hybridized carbons (Fsp3) is 0.651. The van der Waals surface area contributed by atoms with Crippen LogP contribution in [-0.4, -0.2) is 43.3 Å². The standard InChI is InChI=1S/C43H74NO7P/c1-3-5-7-9-11-13-15-17-19-21-22-24-26-28-30-32-34-36-43(45)49-40-42(41-51-52(46,47)50-39-37-44)48-38-35-33-31-29-27-25-23-20-18-16-14-12-10-8-6-4-2/h5,7,11,13-14,16-17,19,22,24,28,30,35,38,42H,3-4,6,8-10,12,15,18,20-21,23,25-27,29,31-34,36-37,39-41,44H2,1-2H3,(H,46,47)/b7-5-,13-11-,16-14-,19-17-,24-22-,30-28-,38-35-/t42-/m1/s1. The van der Waals surface area contributed by atoms with Gasteiger partial charge in [-0.25, -0.2) is 4.57 Å². The van der Waals surface area contributed by atoms with Crippen LogP contribution in [-0.2, 0) is 27.9 Å². The SMILES string of the molecule is CC/C=C\C/C=C\C/C=C\C/C=C\C/C=C\CCCC(=O)OC[C@H](COP(=O)(O)OCCN)O/C=C\CCCCCCCC/C=C\CCCCCC. The van der Waals surface area contributed by atoms with Gasteiger partial charge in [-0.05, 0) is 89.5 Å². The number of hydrogen-bond donors (Lipinski definition) is 2. The van der Waals surface area contributed by atoms with E-state index in [1.807, 2.05) is 6.08 Å². The number of allylic oxidation sites excluding steroid dienone is 13. The molecular formula is C43H74NO7P. The van der Waals surface area contributed by atoms with E-state index in [2.05, 4.69) is 86.8 Å². The Balaban J connectivity index is 4.25. The van der Waals surface area contributed by atoms with Crippen LogP contribution in [0.25, 0.3) is 0 Å². The molecule has 0 rings (SSSR count). The predicted octanol–water partition coefficient (Wildman–Crippen LogP) is 12.1. The molecule has 1 unspecified atom stereocenters. The monoisotopic (exact) mass is 748 g/mol. The first-order chi connectivity index (χ1) is 25.4. The summed E-state index contributed by atoms with van der Waals surface area (Å²) < 4.78 is 33.1. The van der Waals surface area contributed by atoms with E-state index in [-0.39, 0.29) is 38.8 Å². The highest BCUT2D eigenvalue weighted by Crippen LogP contribution is 2.43. The van der Waals surface area contributed by atoms with Crippen LogP contribution in [0.4, 0.5) is 0 Å². The van der Waals surface area contributed by atoms with Crippen LogP contribution < -0.4 is 5.73 Å². The summed E-state index contributed by atoms with van der Waals surface area (Å²) >= 11 is 0. The minimum atomic E-state index is -4.28. The molecule has 0 amide bonds. The smallest absolute Gasteiger partial charge is 0.472 e. The maximum absolute atomic E-state index is 12.4. The zero-order valence-electron chi connectivity index (χ0n) is 32.8. The van der Waals surface area contributed by atoms with Crippen molar-refractivity contribution in [2.24, 2.45) is 5.73 Å². The Labute approximate surface area is 318 Å². The van der Waals surface area contributed by atoms with Gasteiger partial charge in [-0.3, -0.25) is 13.8 Å². The fourth-order valence-corrected chi connectivity index (χ4v) is 5.66. The molecule has 298 valence electrons. The lowest BCUT2D eigenvalue weighted by Crippen LogP contribution is -2.25. The van der Waals surface area contributed by atoms with Crippen molar-refractivity contribution in [1.82, 2.24) is 0 Å². The van der Waals surface area contributed by atoms with Gasteiger partial charge in [0.05, 0.1) is 19.5 Å². The Morgan fingerprint density at radius 2 is 1.10 bits per heavy atom. The molecule has 0 bridgehead atoms. The van der Waals surface area contributed by atoms with Gasteiger partial charge in [-0.15, -0.1) is 0 Å². The lowest BCUT2D eigenvalue weighted by atomic mass is 10.1. The molecule has 0 aliphatic rings. The normalized spacial score (nSPS) is 14.4. The number of carbonyl (C=O) groups is 1. The second kappa shape index (κ2) is 39.7. The highest BCUT2D eigenvalue weighted by Gasteiger charge is 2.24. The van der Waals surface area contributed by atoms with Crippen molar-refractivity contribution in [3.05, 3.63) is 85.3 Å². The first-order valence-electron chi connectivity index (χ1n) is 20.1. The maximum Gasteiger partial charge on any atom is 0.472 e. The van der Waals surface area contributed by atoms with Crippen molar-refractivity contribution in [1.29, 1.82) is 0 Å². The lowest BCUT2D eigenvalue weighted by Gasteiger charge is -2.19. The second-order valence-corrected chi connectivity index (χ2v) is 14.3. The number of ether oxygens (including phenoxy) is 2. The van der Waals surface area contributed by atoms with Gasteiger partial charge in [0.15, 0.2) is 6.10 Å². The quantitative estimate of drug-likeness (QED) is 0.0212. The third kappa shape index (κ3) is 38.7. The molecule has 0 radical (unpaired) electrons. The number of carbonyl (C=O) groups excluding carboxylic acids is 1. The van der Waals surface area contributed by atoms with Gasteiger partial charge >= 0.3 is 13.8 Å². The highest BCUT2D eigenvalue weighted by atomic mass is 31.2. The summed E-state index contributed by atoms with van der Waals surface area (Å²) in [6, 6.07) is 0. The zero-order valence-corrected chi connectivity index (χ0v) is 33.7. The van der Waals surface area contributed by atoms with Crippen LogP contribution in [0.3, 0.4) is 0 Å². The number of nitrogens with two attached hydrogens (primary N) is 1. The first kappa shape index (κ1) is 49.5. The molecule has 0 aliphatic heterocycles. The van der Waals surface area contributed by atoms with E-state index in [4.69, 9.17) is 24.3 Å². The van der Waals surface area contributed by atoms with Gasteiger partial charge in [0.25, 0.3) is 0 Å². The Bertz CT molecular complexity index is 1060. The van der Waals surface area contributed by atoms with Crippen LogP contribution in [0.15, 0.2) is 85.3 Å². The van der Waals surface area contributed by atoms with Crippen LogP contribution >= 0.6 is 7.82 Å². The van der Waals surface area contributed by atoms with Gasteiger partial charge < -0.3 is 20.1 Å². The average Bonchev–Trinajstić information content (AvgIpc) is 3.14. The second-order valence-electron chi connectivity index (χ2n) is 12.8. The van der Waals surface area contributed by atoms with E-state index in [0.29, 0.717) is 6.42 Å². The van der Waals surface area contributed by atoms with E-state index in [1.54, 1.807) is 6.26 Å². The molecule has 3 N–H and O–H groups in total. The van der Waals surface area contributed by atoms with Crippen molar-refractivity contribution in [2.75, 3.05) is 26.4 Å². The third-order valence-corrected chi connectivity index (χ3v) is 8.87. The molecule has 0 aliphatic carbocycles. The van der Waals surface area contributed by atoms with Crippen LogP contribution in [0.5, 0.6) is 0 Å². The lowest BCUT2D eigenvalue weighted by molar-refractivity contribution is -0.147. The van der Waals surface area contributed by atoms with Crippen molar-refractivity contribution in [3.63, 3.8) is 0 Å². The van der Waals surface area contributed by atoms with E-state index < -0.39 is 13.9 Å². The number of phosphoric acid groups is 1. The highest BCUT2D eigenvalue weighted by molar-refractivity contribution is 7.47. The van der Waals surface area contributed by atoms with Gasteiger partial charge in [0.2, 0.25) is 0 Å². The minimum Gasteiger partial charge on any atom is -0.492 e. The average molecular weight is 748 g/mol. The molecule has 0 saturated carbocycles. The fourth-order valence-electron chi connectivity index (χ4n) is 4.89. The summed E-state index contributed by atoms with van der Waals surface area (Å²) in [7, 11) is -4.28. The third-order valence-electron chi connectivity index (χ3n) is 7.89. The predicted molar refractivity (Wildman–Crippen MR) is 219 cm³/mol. The van der Waals surface area contributed by atoms with Gasteiger partial charge in [0, 0.05) is 13.0 Å². The van der Waals surface area contributed by atoms with E-state index in [9.17, 15) is 14.3 Å². The van der Waals surface area contributed by atoms with Crippen molar-refractivity contribution >= 4 is 13.8 Å².